The van der Waals surface area contributed by atoms with E-state index in [1.807, 2.05) is 0 Å². The molecule has 0 amide bonds. The molecule has 0 aromatic heterocycles. The molecular formula is C14H20. The van der Waals surface area contributed by atoms with Gasteiger partial charge in [0.1, 0.15) is 0 Å². The number of allylic oxidation sites excluding steroid dienone is 2. The number of aryl methyl sites for hydroxylation is 1. The third kappa shape index (κ3) is 3.02. The molecule has 0 aliphatic rings. The van der Waals surface area contributed by atoms with Crippen molar-refractivity contribution in [1.29, 1.82) is 0 Å². The molecule has 0 heterocycles. The van der Waals surface area contributed by atoms with Gasteiger partial charge in [-0.05, 0) is 36.8 Å². The fourth-order valence-corrected chi connectivity index (χ4v) is 1.60. The van der Waals surface area contributed by atoms with E-state index in [1.54, 1.807) is 0 Å². The maximum atomic E-state index is 2.33. The predicted molar refractivity (Wildman–Crippen MR) is 63.7 cm³/mol. The molecular weight excluding hydrogens is 168 g/mol. The summed E-state index contributed by atoms with van der Waals surface area (Å²) in [6, 6.07) is 8.92. The lowest BCUT2D eigenvalue weighted by Gasteiger charge is -2.10. The van der Waals surface area contributed by atoms with Crippen LogP contribution in [-0.4, -0.2) is 0 Å². The Morgan fingerprint density at radius 3 is 2.79 bits per heavy atom. The summed E-state index contributed by atoms with van der Waals surface area (Å²) in [5, 5.41) is 0. The predicted octanol–water partition coefficient (Wildman–Crippen LogP) is 4.32. The van der Waals surface area contributed by atoms with Gasteiger partial charge in [-0.15, -0.1) is 0 Å². The summed E-state index contributed by atoms with van der Waals surface area (Å²) < 4.78 is 0. The maximum absolute atomic E-state index is 2.33. The highest BCUT2D eigenvalue weighted by atomic mass is 14.1. The second kappa shape index (κ2) is 5.64. The SMILES string of the molecule is C/C=C/CC(C)c1cccc(CC)c1. The van der Waals surface area contributed by atoms with Crippen molar-refractivity contribution >= 4 is 0 Å². The fourth-order valence-electron chi connectivity index (χ4n) is 1.60. The third-order valence-electron chi connectivity index (χ3n) is 2.65. The van der Waals surface area contributed by atoms with Crippen LogP contribution >= 0.6 is 0 Å². The fraction of sp³-hybridized carbons (Fsp3) is 0.429. The minimum absolute atomic E-state index is 0.637. The first kappa shape index (κ1) is 11.0. The van der Waals surface area contributed by atoms with Crippen LogP contribution in [0.4, 0.5) is 0 Å². The van der Waals surface area contributed by atoms with Crippen molar-refractivity contribution in [2.45, 2.75) is 39.5 Å². The quantitative estimate of drug-likeness (QED) is 0.617. The molecule has 0 aliphatic heterocycles. The molecule has 0 N–H and O–H groups in total. The summed E-state index contributed by atoms with van der Waals surface area (Å²) in [5.74, 6) is 0.637. The minimum atomic E-state index is 0.637. The molecule has 1 rings (SSSR count). The summed E-state index contributed by atoms with van der Waals surface area (Å²) in [4.78, 5) is 0. The zero-order valence-electron chi connectivity index (χ0n) is 9.46. The largest absolute Gasteiger partial charge is 0.0916 e. The molecule has 1 aromatic carbocycles. The van der Waals surface area contributed by atoms with Crippen LogP contribution in [0.2, 0.25) is 0 Å². The molecule has 0 saturated heterocycles. The van der Waals surface area contributed by atoms with Gasteiger partial charge >= 0.3 is 0 Å². The van der Waals surface area contributed by atoms with Crippen molar-refractivity contribution in [1.82, 2.24) is 0 Å². The highest BCUT2D eigenvalue weighted by Gasteiger charge is 2.03. The Kier molecular flexibility index (Phi) is 4.45. The lowest BCUT2D eigenvalue weighted by atomic mass is 9.95. The van der Waals surface area contributed by atoms with Gasteiger partial charge in [0.25, 0.3) is 0 Å². The molecule has 0 nitrogen and oxygen atoms in total. The summed E-state index contributed by atoms with van der Waals surface area (Å²) in [6.45, 7) is 6.57. The Hall–Kier alpha value is -1.04. The van der Waals surface area contributed by atoms with Crippen molar-refractivity contribution in [3.05, 3.63) is 47.5 Å². The van der Waals surface area contributed by atoms with Gasteiger partial charge in [-0.3, -0.25) is 0 Å². The van der Waals surface area contributed by atoms with Crippen LogP contribution in [0.15, 0.2) is 36.4 Å². The zero-order chi connectivity index (χ0) is 10.4. The molecule has 0 spiro atoms. The van der Waals surface area contributed by atoms with Gasteiger partial charge in [-0.25, -0.2) is 0 Å². The summed E-state index contributed by atoms with van der Waals surface area (Å²) in [5.41, 5.74) is 2.90. The standard InChI is InChI=1S/C14H20/c1-4-6-8-12(3)14-10-7-9-13(5-2)11-14/h4,6-7,9-12H,5,8H2,1-3H3/b6-4+. The second-order valence-corrected chi connectivity index (χ2v) is 3.80. The maximum Gasteiger partial charge on any atom is -0.0156 e. The summed E-state index contributed by atoms with van der Waals surface area (Å²) in [7, 11) is 0. The lowest BCUT2D eigenvalue weighted by molar-refractivity contribution is 0.778. The Balaban J connectivity index is 2.73. The lowest BCUT2D eigenvalue weighted by Crippen LogP contribution is -1.93. The van der Waals surface area contributed by atoms with Gasteiger partial charge < -0.3 is 0 Å². The van der Waals surface area contributed by atoms with Crippen LogP contribution in [0.5, 0.6) is 0 Å². The van der Waals surface area contributed by atoms with Crippen molar-refractivity contribution in [3.8, 4) is 0 Å². The van der Waals surface area contributed by atoms with E-state index in [9.17, 15) is 0 Å². The van der Waals surface area contributed by atoms with Gasteiger partial charge in [-0.2, -0.15) is 0 Å². The Bertz CT molecular complexity index is 297. The first-order chi connectivity index (χ1) is 6.77. The smallest absolute Gasteiger partial charge is 0.0156 e. The number of hydrogen-bond donors (Lipinski definition) is 0. The Morgan fingerprint density at radius 2 is 2.14 bits per heavy atom. The van der Waals surface area contributed by atoms with Gasteiger partial charge in [0.2, 0.25) is 0 Å². The van der Waals surface area contributed by atoms with Gasteiger partial charge in [0.15, 0.2) is 0 Å². The van der Waals surface area contributed by atoms with E-state index >= 15 is 0 Å². The van der Waals surface area contributed by atoms with Crippen molar-refractivity contribution < 1.29 is 0 Å². The molecule has 0 saturated carbocycles. The van der Waals surface area contributed by atoms with Crippen molar-refractivity contribution in [2.75, 3.05) is 0 Å². The topological polar surface area (TPSA) is 0 Å². The van der Waals surface area contributed by atoms with Gasteiger partial charge in [0.05, 0.1) is 0 Å². The molecule has 1 atom stereocenters. The van der Waals surface area contributed by atoms with Gasteiger partial charge in [0, 0.05) is 0 Å². The van der Waals surface area contributed by atoms with E-state index < -0.39 is 0 Å². The first-order valence-electron chi connectivity index (χ1n) is 5.48. The van der Waals surface area contributed by atoms with E-state index in [0.717, 1.165) is 12.8 Å². The van der Waals surface area contributed by atoms with E-state index in [4.69, 9.17) is 0 Å². The molecule has 1 unspecified atom stereocenters. The van der Waals surface area contributed by atoms with Crippen LogP contribution < -0.4 is 0 Å². The van der Waals surface area contributed by atoms with Crippen LogP contribution in [0.1, 0.15) is 44.2 Å². The normalized spacial score (nSPS) is 13.4. The zero-order valence-corrected chi connectivity index (χ0v) is 9.46. The highest BCUT2D eigenvalue weighted by molar-refractivity contribution is 5.26. The average Bonchev–Trinajstić information content (AvgIpc) is 2.26. The average molecular weight is 188 g/mol. The molecule has 0 radical (unpaired) electrons. The Labute approximate surface area is 87.7 Å². The van der Waals surface area contributed by atoms with E-state index in [1.165, 1.54) is 11.1 Å². The number of hydrogen-bond acceptors (Lipinski definition) is 0. The Morgan fingerprint density at radius 1 is 1.36 bits per heavy atom. The van der Waals surface area contributed by atoms with Crippen LogP contribution in [0.3, 0.4) is 0 Å². The molecule has 1 aromatic rings. The monoisotopic (exact) mass is 188 g/mol. The molecule has 76 valence electrons. The molecule has 0 fully saturated rings. The van der Waals surface area contributed by atoms with E-state index in [2.05, 4.69) is 57.2 Å². The van der Waals surface area contributed by atoms with Crippen molar-refractivity contribution in [2.24, 2.45) is 0 Å². The minimum Gasteiger partial charge on any atom is -0.0916 e. The van der Waals surface area contributed by atoms with Crippen LogP contribution in [-0.2, 0) is 6.42 Å². The van der Waals surface area contributed by atoms with Crippen LogP contribution in [0.25, 0.3) is 0 Å². The van der Waals surface area contributed by atoms with E-state index in [0.29, 0.717) is 5.92 Å². The van der Waals surface area contributed by atoms with Crippen LogP contribution in [0, 0.1) is 0 Å². The number of benzene rings is 1. The third-order valence-corrected chi connectivity index (χ3v) is 2.65. The number of rotatable bonds is 4. The summed E-state index contributed by atoms with van der Waals surface area (Å²) >= 11 is 0. The highest BCUT2D eigenvalue weighted by Crippen LogP contribution is 2.20. The molecule has 0 bridgehead atoms. The van der Waals surface area contributed by atoms with Gasteiger partial charge in [-0.1, -0.05) is 50.3 Å². The molecule has 0 heteroatoms. The van der Waals surface area contributed by atoms with Crippen molar-refractivity contribution in [3.63, 3.8) is 0 Å². The molecule has 14 heavy (non-hydrogen) atoms. The molecule has 0 aliphatic carbocycles. The second-order valence-electron chi connectivity index (χ2n) is 3.80. The first-order valence-corrected chi connectivity index (χ1v) is 5.48. The van der Waals surface area contributed by atoms with E-state index in [-0.39, 0.29) is 0 Å². The summed E-state index contributed by atoms with van der Waals surface area (Å²) in [6.07, 6.45) is 6.64.